The van der Waals surface area contributed by atoms with E-state index in [9.17, 15) is 13.5 Å². The summed E-state index contributed by atoms with van der Waals surface area (Å²) in [6.07, 6.45) is 1.88. The molecule has 4 nitrogen and oxygen atoms in total. The van der Waals surface area contributed by atoms with Crippen molar-refractivity contribution >= 4 is 10.0 Å². The van der Waals surface area contributed by atoms with Crippen LogP contribution in [0.1, 0.15) is 27.2 Å². The number of aliphatic hydroxyl groups is 1. The molecule has 0 aromatic rings. The van der Waals surface area contributed by atoms with Gasteiger partial charge in [0.1, 0.15) is 0 Å². The lowest BCUT2D eigenvalue weighted by molar-refractivity contribution is 0.0437. The number of sulfonamides is 1. The third kappa shape index (κ3) is 7.53. The normalized spacial score (nSPS) is 16.3. The van der Waals surface area contributed by atoms with Crippen LogP contribution in [0.4, 0.5) is 0 Å². The van der Waals surface area contributed by atoms with Crippen LogP contribution in [-0.4, -0.2) is 31.4 Å². The minimum Gasteiger partial charge on any atom is -0.389 e. The largest absolute Gasteiger partial charge is 0.389 e. The quantitative estimate of drug-likeness (QED) is 0.644. The third-order valence-corrected chi connectivity index (χ3v) is 3.12. The molecule has 0 fully saturated rings. The standard InChI is InChI=1S/C10H21NO3S/c1-5-6-15(13,14)11-8-10(4,12)7-9(2)3/h5,9,11-12H,1,6-8H2,2-4H3. The van der Waals surface area contributed by atoms with Crippen LogP contribution in [0.25, 0.3) is 0 Å². The summed E-state index contributed by atoms with van der Waals surface area (Å²) in [5.41, 5.74) is -0.998. The number of rotatable bonds is 7. The Balaban J connectivity index is 4.19. The van der Waals surface area contributed by atoms with Gasteiger partial charge in [0.2, 0.25) is 10.0 Å². The van der Waals surface area contributed by atoms with Crippen molar-refractivity contribution in [3.63, 3.8) is 0 Å². The summed E-state index contributed by atoms with van der Waals surface area (Å²) in [4.78, 5) is 0. The van der Waals surface area contributed by atoms with Gasteiger partial charge in [-0.15, -0.1) is 6.58 Å². The van der Waals surface area contributed by atoms with Gasteiger partial charge in [-0.2, -0.15) is 0 Å². The maximum absolute atomic E-state index is 11.3. The molecule has 0 saturated heterocycles. The maximum atomic E-state index is 11.3. The van der Waals surface area contributed by atoms with Crippen molar-refractivity contribution in [3.8, 4) is 0 Å². The monoisotopic (exact) mass is 235 g/mol. The highest BCUT2D eigenvalue weighted by molar-refractivity contribution is 7.89. The third-order valence-electron chi connectivity index (χ3n) is 1.86. The first-order valence-corrected chi connectivity index (χ1v) is 6.64. The van der Waals surface area contributed by atoms with E-state index in [1.54, 1.807) is 6.92 Å². The number of hydrogen-bond donors (Lipinski definition) is 2. The molecular weight excluding hydrogens is 214 g/mol. The van der Waals surface area contributed by atoms with Crippen molar-refractivity contribution in [1.82, 2.24) is 4.72 Å². The molecule has 1 atom stereocenters. The molecular formula is C10H21NO3S. The summed E-state index contributed by atoms with van der Waals surface area (Å²) >= 11 is 0. The number of hydrogen-bond acceptors (Lipinski definition) is 3. The maximum Gasteiger partial charge on any atom is 0.215 e. The predicted molar refractivity (Wildman–Crippen MR) is 62.1 cm³/mol. The van der Waals surface area contributed by atoms with Crippen LogP contribution in [-0.2, 0) is 10.0 Å². The van der Waals surface area contributed by atoms with Gasteiger partial charge < -0.3 is 5.11 Å². The van der Waals surface area contributed by atoms with Gasteiger partial charge in [-0.05, 0) is 19.3 Å². The van der Waals surface area contributed by atoms with Crippen LogP contribution in [0.5, 0.6) is 0 Å². The summed E-state index contributed by atoms with van der Waals surface area (Å²) in [5, 5.41) is 9.86. The fourth-order valence-electron chi connectivity index (χ4n) is 1.43. The Morgan fingerprint density at radius 1 is 1.53 bits per heavy atom. The fraction of sp³-hybridized carbons (Fsp3) is 0.800. The first-order chi connectivity index (χ1) is 6.68. The van der Waals surface area contributed by atoms with Gasteiger partial charge in [-0.3, -0.25) is 0 Å². The van der Waals surface area contributed by atoms with Gasteiger partial charge in [-0.1, -0.05) is 19.9 Å². The molecule has 15 heavy (non-hydrogen) atoms. The van der Waals surface area contributed by atoms with Gasteiger partial charge >= 0.3 is 0 Å². The lowest BCUT2D eigenvalue weighted by Gasteiger charge is -2.25. The molecule has 0 amide bonds. The summed E-state index contributed by atoms with van der Waals surface area (Å²) in [5.74, 6) is 0.203. The molecule has 0 saturated carbocycles. The summed E-state index contributed by atoms with van der Waals surface area (Å²) in [6.45, 7) is 8.99. The Hall–Kier alpha value is -0.390. The van der Waals surface area contributed by atoms with Crippen molar-refractivity contribution in [1.29, 1.82) is 0 Å². The molecule has 0 aliphatic rings. The fourth-order valence-corrected chi connectivity index (χ4v) is 2.39. The van der Waals surface area contributed by atoms with E-state index in [-0.39, 0.29) is 12.3 Å². The molecule has 0 rings (SSSR count). The van der Waals surface area contributed by atoms with E-state index in [4.69, 9.17) is 0 Å². The van der Waals surface area contributed by atoms with Crippen molar-refractivity contribution in [2.24, 2.45) is 5.92 Å². The van der Waals surface area contributed by atoms with Crippen LogP contribution < -0.4 is 4.72 Å². The van der Waals surface area contributed by atoms with Crippen molar-refractivity contribution < 1.29 is 13.5 Å². The molecule has 0 radical (unpaired) electrons. The van der Waals surface area contributed by atoms with Crippen LogP contribution >= 0.6 is 0 Å². The van der Waals surface area contributed by atoms with Crippen molar-refractivity contribution in [2.75, 3.05) is 12.3 Å². The zero-order valence-electron chi connectivity index (χ0n) is 9.66. The van der Waals surface area contributed by atoms with Crippen LogP contribution in [0.2, 0.25) is 0 Å². The second kappa shape index (κ2) is 5.63. The number of nitrogens with one attached hydrogen (secondary N) is 1. The topological polar surface area (TPSA) is 66.4 Å². The second-order valence-electron chi connectivity index (χ2n) is 4.49. The molecule has 0 aromatic carbocycles. The minimum atomic E-state index is -3.33. The molecule has 90 valence electrons. The van der Waals surface area contributed by atoms with E-state index in [2.05, 4.69) is 11.3 Å². The van der Waals surface area contributed by atoms with Gasteiger partial charge in [-0.25, -0.2) is 13.1 Å². The summed E-state index contributed by atoms with van der Waals surface area (Å²) in [7, 11) is -3.33. The SMILES string of the molecule is C=CCS(=O)(=O)NCC(C)(O)CC(C)C. The Morgan fingerprint density at radius 2 is 2.07 bits per heavy atom. The van der Waals surface area contributed by atoms with E-state index in [0.29, 0.717) is 12.3 Å². The lowest BCUT2D eigenvalue weighted by atomic mass is 9.95. The zero-order chi connectivity index (χ0) is 12.1. The Bertz CT molecular complexity index is 294. The van der Waals surface area contributed by atoms with E-state index in [0.717, 1.165) is 0 Å². The molecule has 0 spiro atoms. The minimum absolute atomic E-state index is 0.0430. The Labute approximate surface area is 92.4 Å². The summed E-state index contributed by atoms with van der Waals surface area (Å²) in [6, 6.07) is 0. The molecule has 0 aromatic heterocycles. The molecule has 2 N–H and O–H groups in total. The van der Waals surface area contributed by atoms with Crippen molar-refractivity contribution in [2.45, 2.75) is 32.8 Å². The summed E-state index contributed by atoms with van der Waals surface area (Å²) < 4.78 is 24.9. The first-order valence-electron chi connectivity index (χ1n) is 4.99. The zero-order valence-corrected chi connectivity index (χ0v) is 10.5. The van der Waals surface area contributed by atoms with E-state index >= 15 is 0 Å². The first kappa shape index (κ1) is 14.6. The van der Waals surface area contributed by atoms with Crippen molar-refractivity contribution in [3.05, 3.63) is 12.7 Å². The van der Waals surface area contributed by atoms with Gasteiger partial charge in [0.05, 0.1) is 11.4 Å². The van der Waals surface area contributed by atoms with Gasteiger partial charge in [0, 0.05) is 6.54 Å². The van der Waals surface area contributed by atoms with Gasteiger partial charge in [0.15, 0.2) is 0 Å². The highest BCUT2D eigenvalue weighted by atomic mass is 32.2. The van der Waals surface area contributed by atoms with Gasteiger partial charge in [0.25, 0.3) is 0 Å². The highest BCUT2D eigenvalue weighted by Crippen LogP contribution is 2.15. The second-order valence-corrected chi connectivity index (χ2v) is 6.34. The van der Waals surface area contributed by atoms with E-state index in [1.807, 2.05) is 13.8 Å². The molecule has 0 aliphatic heterocycles. The molecule has 0 bridgehead atoms. The smallest absolute Gasteiger partial charge is 0.215 e. The van der Waals surface area contributed by atoms with E-state index < -0.39 is 15.6 Å². The lowest BCUT2D eigenvalue weighted by Crippen LogP contribution is -2.42. The molecule has 1 unspecified atom stereocenters. The molecule has 5 heteroatoms. The van der Waals surface area contributed by atoms with E-state index in [1.165, 1.54) is 6.08 Å². The van der Waals surface area contributed by atoms with Crippen LogP contribution in [0.3, 0.4) is 0 Å². The highest BCUT2D eigenvalue weighted by Gasteiger charge is 2.23. The van der Waals surface area contributed by atoms with Crippen LogP contribution in [0, 0.1) is 5.92 Å². The van der Waals surface area contributed by atoms with Crippen LogP contribution in [0.15, 0.2) is 12.7 Å². The average Bonchev–Trinajstić information content (AvgIpc) is 1.99. The molecule has 0 aliphatic carbocycles. The predicted octanol–water partition coefficient (Wildman–Crippen LogP) is 0.889. The molecule has 0 heterocycles. The Morgan fingerprint density at radius 3 is 2.47 bits per heavy atom. The average molecular weight is 235 g/mol. The Kier molecular flexibility index (Phi) is 5.48.